The van der Waals surface area contributed by atoms with E-state index < -0.39 is 6.10 Å². The van der Waals surface area contributed by atoms with Crippen molar-refractivity contribution in [2.45, 2.75) is 32.1 Å². The Balaban J connectivity index is 1.41. The number of ether oxygens (including phenoxy) is 2. The van der Waals surface area contributed by atoms with Crippen LogP contribution in [-0.4, -0.2) is 39.1 Å². The minimum atomic E-state index is -0.506. The van der Waals surface area contributed by atoms with Gasteiger partial charge in [-0.3, -0.25) is 9.59 Å². The van der Waals surface area contributed by atoms with Gasteiger partial charge in [0.15, 0.2) is 23.1 Å². The predicted octanol–water partition coefficient (Wildman–Crippen LogP) is 3.70. The van der Waals surface area contributed by atoms with Crippen LogP contribution in [0.5, 0.6) is 11.5 Å². The summed E-state index contributed by atoms with van der Waals surface area (Å²) in [5.41, 5.74) is 2.35. The first kappa shape index (κ1) is 19.3. The van der Waals surface area contributed by atoms with Crippen molar-refractivity contribution in [3.63, 3.8) is 0 Å². The number of benzene rings is 1. The van der Waals surface area contributed by atoms with Gasteiger partial charge in [-0.05, 0) is 38.5 Å². The van der Waals surface area contributed by atoms with Crippen LogP contribution in [0.1, 0.15) is 51.0 Å². The van der Waals surface area contributed by atoms with E-state index in [0.29, 0.717) is 39.9 Å². The molecule has 1 N–H and O–H groups in total. The molecule has 0 spiro atoms. The zero-order valence-corrected chi connectivity index (χ0v) is 17.0. The molecule has 1 aromatic carbocycles. The summed E-state index contributed by atoms with van der Waals surface area (Å²) in [6, 6.07) is 7.36. The number of fused-ring (bicyclic) bond motifs is 1. The van der Waals surface area contributed by atoms with Gasteiger partial charge < -0.3 is 18.9 Å². The van der Waals surface area contributed by atoms with E-state index >= 15 is 0 Å². The number of aryl methyl sites for hydroxylation is 1. The number of aromatic amines is 1. The number of Topliss-reactive ketones (excluding diaryl/α,β-unsaturated/α-hetero) is 2. The van der Waals surface area contributed by atoms with Crippen molar-refractivity contribution in [3.8, 4) is 11.5 Å². The highest BCUT2D eigenvalue weighted by Crippen LogP contribution is 2.36. The summed E-state index contributed by atoms with van der Waals surface area (Å²) in [7, 11) is 0. The Kier molecular flexibility index (Phi) is 5.14. The lowest BCUT2D eigenvalue weighted by atomic mass is 10.1. The molecule has 9 heteroatoms. The average Bonchev–Trinajstić information content (AvgIpc) is 3.30. The Morgan fingerprint density at radius 2 is 1.97 bits per heavy atom. The Labute approximate surface area is 171 Å². The highest BCUT2D eigenvalue weighted by atomic mass is 32.2. The molecule has 0 saturated carbocycles. The minimum Gasteiger partial charge on any atom is -0.485 e. The number of aromatic nitrogens is 3. The second-order valence-electron chi connectivity index (χ2n) is 6.66. The van der Waals surface area contributed by atoms with Gasteiger partial charge in [-0.25, -0.2) is 0 Å². The van der Waals surface area contributed by atoms with Crippen LogP contribution >= 0.6 is 11.8 Å². The SMILES string of the molecule is CC(=O)c1c(C)[nH]c(C(=O)CSc2nnc([C@H]3COc4ccccc4O3)o2)c1C. The number of H-pyrrole nitrogens is 1. The van der Waals surface area contributed by atoms with Crippen LogP contribution in [0.15, 0.2) is 33.9 Å². The van der Waals surface area contributed by atoms with E-state index in [1.807, 2.05) is 24.3 Å². The molecule has 0 fully saturated rings. The average molecular weight is 413 g/mol. The Morgan fingerprint density at radius 1 is 1.21 bits per heavy atom. The first-order chi connectivity index (χ1) is 13.9. The van der Waals surface area contributed by atoms with Crippen LogP contribution in [0.4, 0.5) is 0 Å². The molecule has 1 aliphatic rings. The number of rotatable bonds is 6. The van der Waals surface area contributed by atoms with Gasteiger partial charge in [0.2, 0.25) is 6.10 Å². The van der Waals surface area contributed by atoms with Crippen molar-refractivity contribution in [1.82, 2.24) is 15.2 Å². The normalized spacial score (nSPS) is 15.3. The van der Waals surface area contributed by atoms with Crippen molar-refractivity contribution >= 4 is 23.3 Å². The van der Waals surface area contributed by atoms with Crippen molar-refractivity contribution in [2.75, 3.05) is 12.4 Å². The highest BCUT2D eigenvalue weighted by molar-refractivity contribution is 7.99. The van der Waals surface area contributed by atoms with Gasteiger partial charge in [0, 0.05) is 11.3 Å². The summed E-state index contributed by atoms with van der Waals surface area (Å²) in [5.74, 6) is 1.47. The number of ketones is 2. The largest absolute Gasteiger partial charge is 0.485 e. The molecule has 0 amide bonds. The van der Waals surface area contributed by atoms with Crippen LogP contribution in [0.2, 0.25) is 0 Å². The molecule has 29 heavy (non-hydrogen) atoms. The number of carbonyl (C=O) groups is 2. The number of nitrogens with one attached hydrogen (secondary N) is 1. The maximum absolute atomic E-state index is 12.6. The summed E-state index contributed by atoms with van der Waals surface area (Å²) < 4.78 is 17.1. The van der Waals surface area contributed by atoms with E-state index in [1.165, 1.54) is 6.92 Å². The first-order valence-corrected chi connectivity index (χ1v) is 10.0. The summed E-state index contributed by atoms with van der Waals surface area (Å²) in [6.07, 6.45) is -0.506. The molecule has 0 radical (unpaired) electrons. The Morgan fingerprint density at radius 3 is 2.69 bits per heavy atom. The van der Waals surface area contributed by atoms with E-state index in [9.17, 15) is 9.59 Å². The molecule has 4 rings (SSSR count). The molecule has 3 heterocycles. The zero-order chi connectivity index (χ0) is 20.5. The van der Waals surface area contributed by atoms with E-state index in [2.05, 4.69) is 15.2 Å². The van der Waals surface area contributed by atoms with Gasteiger partial charge in [-0.15, -0.1) is 10.2 Å². The molecular weight excluding hydrogens is 394 g/mol. The molecule has 0 unspecified atom stereocenters. The zero-order valence-electron chi connectivity index (χ0n) is 16.1. The van der Waals surface area contributed by atoms with Gasteiger partial charge in [-0.1, -0.05) is 23.9 Å². The fourth-order valence-electron chi connectivity index (χ4n) is 3.31. The van der Waals surface area contributed by atoms with Gasteiger partial charge in [-0.2, -0.15) is 0 Å². The number of carbonyl (C=O) groups excluding carboxylic acids is 2. The van der Waals surface area contributed by atoms with Crippen molar-refractivity contribution in [1.29, 1.82) is 0 Å². The molecule has 0 bridgehead atoms. The van der Waals surface area contributed by atoms with Crippen LogP contribution in [0.3, 0.4) is 0 Å². The lowest BCUT2D eigenvalue weighted by molar-refractivity contribution is 0.0686. The van der Waals surface area contributed by atoms with Crippen LogP contribution in [0, 0.1) is 13.8 Å². The van der Waals surface area contributed by atoms with Gasteiger partial charge in [0.05, 0.1) is 11.4 Å². The van der Waals surface area contributed by atoms with Crippen molar-refractivity contribution < 1.29 is 23.5 Å². The lowest BCUT2D eigenvalue weighted by Gasteiger charge is -2.23. The van der Waals surface area contributed by atoms with E-state index in [-0.39, 0.29) is 29.1 Å². The molecule has 1 aliphatic heterocycles. The maximum Gasteiger partial charge on any atom is 0.277 e. The molecule has 8 nitrogen and oxygen atoms in total. The van der Waals surface area contributed by atoms with E-state index in [0.717, 1.165) is 11.8 Å². The maximum atomic E-state index is 12.6. The standard InChI is InChI=1S/C20H19N3O5S/c1-10-17(12(3)24)11(2)21-18(10)13(25)9-29-20-23-22-19(28-20)16-8-26-14-6-4-5-7-15(14)27-16/h4-7,16,21H,8-9H2,1-3H3/t16-/m1/s1. The van der Waals surface area contributed by atoms with Crippen LogP contribution in [-0.2, 0) is 0 Å². The quantitative estimate of drug-likeness (QED) is 0.481. The number of thioether (sulfide) groups is 1. The Bertz CT molecular complexity index is 1090. The number of nitrogens with zero attached hydrogens (tertiary/aromatic N) is 2. The molecule has 150 valence electrons. The predicted molar refractivity (Wildman–Crippen MR) is 105 cm³/mol. The van der Waals surface area contributed by atoms with E-state index in [4.69, 9.17) is 13.9 Å². The summed E-state index contributed by atoms with van der Waals surface area (Å²) in [5, 5.41) is 8.26. The fourth-order valence-corrected chi connectivity index (χ4v) is 3.95. The number of hydrogen-bond acceptors (Lipinski definition) is 8. The summed E-state index contributed by atoms with van der Waals surface area (Å²) in [6.45, 7) is 5.29. The molecule has 0 saturated heterocycles. The molecular formula is C20H19N3O5S. The third-order valence-electron chi connectivity index (χ3n) is 4.60. The molecule has 3 aromatic rings. The summed E-state index contributed by atoms with van der Waals surface area (Å²) >= 11 is 1.13. The lowest BCUT2D eigenvalue weighted by Crippen LogP contribution is -2.21. The highest BCUT2D eigenvalue weighted by Gasteiger charge is 2.28. The second kappa shape index (κ2) is 7.75. The third kappa shape index (κ3) is 3.77. The third-order valence-corrected chi connectivity index (χ3v) is 5.42. The van der Waals surface area contributed by atoms with E-state index in [1.54, 1.807) is 13.8 Å². The molecule has 1 atom stereocenters. The van der Waals surface area contributed by atoms with Gasteiger partial charge >= 0.3 is 0 Å². The topological polar surface area (TPSA) is 107 Å². The smallest absolute Gasteiger partial charge is 0.277 e. The Hall–Kier alpha value is -3.07. The number of para-hydroxylation sites is 2. The summed E-state index contributed by atoms with van der Waals surface area (Å²) in [4.78, 5) is 27.3. The minimum absolute atomic E-state index is 0.0687. The fraction of sp³-hybridized carbons (Fsp3) is 0.300. The monoisotopic (exact) mass is 413 g/mol. The first-order valence-electron chi connectivity index (χ1n) is 9.02. The van der Waals surface area contributed by atoms with Crippen molar-refractivity contribution in [2.24, 2.45) is 0 Å². The molecule has 2 aromatic heterocycles. The van der Waals surface area contributed by atoms with Crippen LogP contribution < -0.4 is 9.47 Å². The van der Waals surface area contributed by atoms with Crippen LogP contribution in [0.25, 0.3) is 0 Å². The molecule has 0 aliphatic carbocycles. The number of hydrogen-bond donors (Lipinski definition) is 1. The van der Waals surface area contributed by atoms with Gasteiger partial charge in [0.1, 0.15) is 6.61 Å². The van der Waals surface area contributed by atoms with Crippen molar-refractivity contribution in [3.05, 3.63) is 52.7 Å². The van der Waals surface area contributed by atoms with Gasteiger partial charge in [0.25, 0.3) is 11.1 Å². The second-order valence-corrected chi connectivity index (χ2v) is 7.59.